The van der Waals surface area contributed by atoms with Crippen LogP contribution < -0.4 is 4.90 Å². The lowest BCUT2D eigenvalue weighted by atomic mass is 9.58. The van der Waals surface area contributed by atoms with Crippen LogP contribution in [0.4, 0.5) is 5.69 Å². The Bertz CT molecular complexity index is 641. The van der Waals surface area contributed by atoms with E-state index in [9.17, 15) is 19.2 Å². The molecule has 5 heteroatoms. The highest BCUT2D eigenvalue weighted by atomic mass is 16.2. The van der Waals surface area contributed by atoms with E-state index in [0.29, 0.717) is 5.69 Å². The van der Waals surface area contributed by atoms with Gasteiger partial charge in [-0.05, 0) is 12.1 Å². The zero-order chi connectivity index (χ0) is 14.7. The van der Waals surface area contributed by atoms with Crippen LogP contribution in [-0.2, 0) is 19.2 Å². The summed E-state index contributed by atoms with van der Waals surface area (Å²) in [6.07, 6.45) is 0.235. The molecule has 1 heterocycles. The van der Waals surface area contributed by atoms with Crippen molar-refractivity contribution in [1.82, 2.24) is 0 Å². The van der Waals surface area contributed by atoms with Gasteiger partial charge >= 0.3 is 0 Å². The number of benzene rings is 1. The molecule has 5 nitrogen and oxygen atoms in total. The molecule has 1 saturated heterocycles. The minimum Gasteiger partial charge on any atom is -0.299 e. The van der Waals surface area contributed by atoms with Crippen LogP contribution in [0.1, 0.15) is 12.8 Å². The number of para-hydroxylation sites is 1. The molecule has 4 fully saturated rings. The van der Waals surface area contributed by atoms with Crippen LogP contribution in [0.15, 0.2) is 30.3 Å². The SMILES string of the molecule is O=C1C[C@H]2C(=O)C[C@H]1[C@@H]1C(=O)N(c3ccccc3)C(=O)[C@@H]12. The normalized spacial score (nSPS) is 34.6. The molecule has 3 aliphatic carbocycles. The van der Waals surface area contributed by atoms with Crippen LogP contribution in [0.25, 0.3) is 0 Å². The lowest BCUT2D eigenvalue weighted by molar-refractivity contribution is -0.153. The summed E-state index contributed by atoms with van der Waals surface area (Å²) in [5.74, 6) is -3.22. The van der Waals surface area contributed by atoms with Gasteiger partial charge in [0.05, 0.1) is 17.5 Å². The van der Waals surface area contributed by atoms with Crippen LogP contribution in [0.5, 0.6) is 0 Å². The van der Waals surface area contributed by atoms with Gasteiger partial charge in [-0.25, -0.2) is 0 Å². The molecular formula is C16H13NO4. The number of hydrogen-bond acceptors (Lipinski definition) is 4. The predicted molar refractivity (Wildman–Crippen MR) is 72.1 cm³/mol. The van der Waals surface area contributed by atoms with E-state index in [0.717, 1.165) is 4.90 Å². The highest BCUT2D eigenvalue weighted by molar-refractivity contribution is 6.25. The number of Topliss-reactive ketones (excluding diaryl/α,β-unsaturated/α-hetero) is 2. The Morgan fingerprint density at radius 1 is 0.762 bits per heavy atom. The maximum Gasteiger partial charge on any atom is 0.238 e. The first kappa shape index (κ1) is 12.4. The predicted octanol–water partition coefficient (Wildman–Crippen LogP) is 0.970. The molecule has 1 aliphatic heterocycles. The van der Waals surface area contributed by atoms with Gasteiger partial charge in [-0.15, -0.1) is 0 Å². The van der Waals surface area contributed by atoms with Gasteiger partial charge in [0, 0.05) is 24.7 Å². The number of imide groups is 1. The molecule has 106 valence electrons. The molecular weight excluding hydrogens is 270 g/mol. The summed E-state index contributed by atoms with van der Waals surface area (Å²) in [5, 5.41) is 0. The molecule has 0 aromatic heterocycles. The van der Waals surface area contributed by atoms with Gasteiger partial charge in [0.15, 0.2) is 0 Å². The Kier molecular flexibility index (Phi) is 2.43. The van der Waals surface area contributed by atoms with Crippen molar-refractivity contribution in [2.24, 2.45) is 23.7 Å². The largest absolute Gasteiger partial charge is 0.299 e. The summed E-state index contributed by atoms with van der Waals surface area (Å²) >= 11 is 0. The van der Waals surface area contributed by atoms with E-state index < -0.39 is 23.7 Å². The Labute approximate surface area is 120 Å². The number of anilines is 1. The first-order chi connectivity index (χ1) is 10.1. The van der Waals surface area contributed by atoms with E-state index in [1.165, 1.54) is 0 Å². The zero-order valence-electron chi connectivity index (χ0n) is 11.2. The van der Waals surface area contributed by atoms with E-state index in [1.54, 1.807) is 30.3 Å². The number of ketones is 2. The molecule has 3 saturated carbocycles. The van der Waals surface area contributed by atoms with Gasteiger partial charge in [0.25, 0.3) is 0 Å². The maximum absolute atomic E-state index is 12.6. The topological polar surface area (TPSA) is 71.5 Å². The fourth-order valence-electron chi connectivity index (χ4n) is 4.01. The third kappa shape index (κ3) is 1.51. The molecule has 5 rings (SSSR count). The maximum atomic E-state index is 12.6. The van der Waals surface area contributed by atoms with Gasteiger partial charge in [-0.2, -0.15) is 0 Å². The van der Waals surface area contributed by atoms with Crippen molar-refractivity contribution in [3.05, 3.63) is 30.3 Å². The van der Waals surface area contributed by atoms with Crippen molar-refractivity contribution in [3.63, 3.8) is 0 Å². The Hall–Kier alpha value is -2.30. The number of carbonyl (C=O) groups excluding carboxylic acids is 4. The standard InChI is InChI=1S/C16H13NO4/c18-11-6-9-12(19)7-10(11)14-13(9)15(20)17(16(14)21)8-4-2-1-3-5-8/h1-5,9-10,13-14H,6-7H2/t9-,10+,13+,14-. The van der Waals surface area contributed by atoms with Gasteiger partial charge in [-0.3, -0.25) is 24.1 Å². The highest BCUT2D eigenvalue weighted by Crippen LogP contribution is 2.50. The first-order valence-corrected chi connectivity index (χ1v) is 7.08. The third-order valence-corrected chi connectivity index (χ3v) is 4.95. The Balaban J connectivity index is 1.80. The summed E-state index contributed by atoms with van der Waals surface area (Å²) in [6.45, 7) is 0. The van der Waals surface area contributed by atoms with Crippen LogP contribution in [0.3, 0.4) is 0 Å². The lowest BCUT2D eigenvalue weighted by Crippen LogP contribution is -2.51. The second kappa shape index (κ2) is 4.10. The van der Waals surface area contributed by atoms with E-state index in [-0.39, 0.29) is 36.2 Å². The molecule has 0 spiro atoms. The second-order valence-corrected chi connectivity index (χ2v) is 5.95. The summed E-state index contributed by atoms with van der Waals surface area (Å²) in [7, 11) is 0. The fraction of sp³-hybridized carbons (Fsp3) is 0.375. The van der Waals surface area contributed by atoms with Crippen LogP contribution in [-0.4, -0.2) is 23.4 Å². The number of carbonyl (C=O) groups is 4. The minimum absolute atomic E-state index is 0.0445. The van der Waals surface area contributed by atoms with E-state index >= 15 is 0 Å². The zero-order valence-corrected chi connectivity index (χ0v) is 11.2. The second-order valence-electron chi connectivity index (χ2n) is 5.95. The average molecular weight is 283 g/mol. The van der Waals surface area contributed by atoms with E-state index in [2.05, 4.69) is 0 Å². The number of fused-ring (bicyclic) bond motifs is 2. The smallest absolute Gasteiger partial charge is 0.238 e. The molecule has 0 unspecified atom stereocenters. The van der Waals surface area contributed by atoms with Crippen molar-refractivity contribution in [1.29, 1.82) is 0 Å². The first-order valence-electron chi connectivity index (χ1n) is 7.08. The van der Waals surface area contributed by atoms with Crippen LogP contribution in [0.2, 0.25) is 0 Å². The van der Waals surface area contributed by atoms with E-state index in [1.807, 2.05) is 0 Å². The molecule has 4 atom stereocenters. The van der Waals surface area contributed by atoms with Crippen molar-refractivity contribution in [2.75, 3.05) is 4.90 Å². The van der Waals surface area contributed by atoms with Crippen LogP contribution in [0, 0.1) is 23.7 Å². The third-order valence-electron chi connectivity index (χ3n) is 4.95. The number of amides is 2. The quantitative estimate of drug-likeness (QED) is 0.720. The number of hydrogen-bond donors (Lipinski definition) is 0. The van der Waals surface area contributed by atoms with Crippen molar-refractivity contribution < 1.29 is 19.2 Å². The molecule has 2 amide bonds. The van der Waals surface area contributed by atoms with Crippen LogP contribution >= 0.6 is 0 Å². The Morgan fingerprint density at radius 3 is 1.71 bits per heavy atom. The molecule has 1 aromatic rings. The summed E-state index contributed by atoms with van der Waals surface area (Å²) in [5.41, 5.74) is 0.515. The molecule has 1 aromatic carbocycles. The molecule has 0 N–H and O–H groups in total. The molecule has 4 aliphatic rings. The van der Waals surface area contributed by atoms with Crippen molar-refractivity contribution >= 4 is 29.1 Å². The fourth-order valence-corrected chi connectivity index (χ4v) is 4.01. The average Bonchev–Trinajstić information content (AvgIpc) is 2.74. The van der Waals surface area contributed by atoms with Crippen molar-refractivity contribution in [3.8, 4) is 0 Å². The van der Waals surface area contributed by atoms with Crippen molar-refractivity contribution in [2.45, 2.75) is 12.8 Å². The molecule has 2 bridgehead atoms. The van der Waals surface area contributed by atoms with Gasteiger partial charge in [-0.1, -0.05) is 18.2 Å². The summed E-state index contributed by atoms with van der Waals surface area (Å²) in [6, 6.07) is 8.70. The van der Waals surface area contributed by atoms with Gasteiger partial charge < -0.3 is 0 Å². The molecule has 0 radical (unpaired) electrons. The summed E-state index contributed by atoms with van der Waals surface area (Å²) < 4.78 is 0. The van der Waals surface area contributed by atoms with E-state index in [4.69, 9.17) is 0 Å². The van der Waals surface area contributed by atoms with Gasteiger partial charge in [0.1, 0.15) is 11.6 Å². The summed E-state index contributed by atoms with van der Waals surface area (Å²) in [4.78, 5) is 50.4. The highest BCUT2D eigenvalue weighted by Gasteiger charge is 2.63. The minimum atomic E-state index is -0.637. The van der Waals surface area contributed by atoms with Gasteiger partial charge in [0.2, 0.25) is 11.8 Å². The monoisotopic (exact) mass is 283 g/mol. The number of nitrogens with zero attached hydrogens (tertiary/aromatic N) is 1. The lowest BCUT2D eigenvalue weighted by Gasteiger charge is -2.40. The Morgan fingerprint density at radius 2 is 1.24 bits per heavy atom. The molecule has 21 heavy (non-hydrogen) atoms. The number of rotatable bonds is 1.